The number of rotatable bonds is 4. The SMILES string of the molecule is Cc1ccc(OCc2cc3cccc(CN)c3o2)cc1. The van der Waals surface area contributed by atoms with Crippen molar-refractivity contribution in [1.82, 2.24) is 0 Å². The number of ether oxygens (including phenoxy) is 1. The summed E-state index contributed by atoms with van der Waals surface area (Å²) in [6.45, 7) is 2.95. The van der Waals surface area contributed by atoms with Crippen LogP contribution in [0.25, 0.3) is 11.0 Å². The summed E-state index contributed by atoms with van der Waals surface area (Å²) >= 11 is 0. The van der Waals surface area contributed by atoms with Gasteiger partial charge in [0.05, 0.1) is 0 Å². The van der Waals surface area contributed by atoms with E-state index < -0.39 is 0 Å². The second-order valence-electron chi connectivity index (χ2n) is 4.85. The van der Waals surface area contributed by atoms with Gasteiger partial charge in [-0.3, -0.25) is 0 Å². The minimum atomic E-state index is 0.418. The lowest BCUT2D eigenvalue weighted by Crippen LogP contribution is -1.95. The molecule has 0 spiro atoms. The molecule has 0 saturated heterocycles. The zero-order valence-electron chi connectivity index (χ0n) is 11.4. The van der Waals surface area contributed by atoms with E-state index in [1.165, 1.54) is 5.56 Å². The topological polar surface area (TPSA) is 48.4 Å². The van der Waals surface area contributed by atoms with Gasteiger partial charge in [-0.1, -0.05) is 35.9 Å². The van der Waals surface area contributed by atoms with Gasteiger partial charge in [0.2, 0.25) is 0 Å². The number of benzene rings is 2. The Labute approximate surface area is 118 Å². The van der Waals surface area contributed by atoms with E-state index in [1.54, 1.807) is 0 Å². The van der Waals surface area contributed by atoms with Crippen molar-refractivity contribution in [2.45, 2.75) is 20.1 Å². The van der Waals surface area contributed by atoms with E-state index in [2.05, 4.69) is 6.92 Å². The smallest absolute Gasteiger partial charge is 0.146 e. The molecule has 1 heterocycles. The maximum atomic E-state index is 5.83. The van der Waals surface area contributed by atoms with Crippen LogP contribution in [0.15, 0.2) is 52.9 Å². The molecule has 0 atom stereocenters. The molecular weight excluding hydrogens is 250 g/mol. The summed E-state index contributed by atoms with van der Waals surface area (Å²) in [6, 6.07) is 16.0. The molecule has 0 aliphatic carbocycles. The molecule has 0 bridgehead atoms. The molecule has 0 radical (unpaired) electrons. The molecule has 3 aromatic rings. The Hall–Kier alpha value is -2.26. The summed E-state index contributed by atoms with van der Waals surface area (Å²) in [7, 11) is 0. The van der Waals surface area contributed by atoms with Crippen LogP contribution in [-0.2, 0) is 13.2 Å². The standard InChI is InChI=1S/C17H17NO2/c1-12-5-7-15(8-6-12)19-11-16-9-13-3-2-4-14(10-18)17(13)20-16/h2-9H,10-11,18H2,1H3. The Balaban J connectivity index is 1.79. The number of para-hydroxylation sites is 1. The summed E-state index contributed by atoms with van der Waals surface area (Å²) in [5.74, 6) is 1.65. The van der Waals surface area contributed by atoms with Gasteiger partial charge < -0.3 is 14.9 Å². The zero-order chi connectivity index (χ0) is 13.9. The van der Waals surface area contributed by atoms with Gasteiger partial charge in [-0.2, -0.15) is 0 Å². The van der Waals surface area contributed by atoms with Gasteiger partial charge in [0.25, 0.3) is 0 Å². The van der Waals surface area contributed by atoms with Gasteiger partial charge in [-0.25, -0.2) is 0 Å². The number of hydrogen-bond acceptors (Lipinski definition) is 3. The number of hydrogen-bond donors (Lipinski definition) is 1. The van der Waals surface area contributed by atoms with Crippen LogP contribution in [0, 0.1) is 6.92 Å². The van der Waals surface area contributed by atoms with Crippen molar-refractivity contribution in [2.75, 3.05) is 0 Å². The molecule has 0 saturated carbocycles. The molecule has 2 aromatic carbocycles. The van der Waals surface area contributed by atoms with Crippen molar-refractivity contribution in [3.8, 4) is 5.75 Å². The van der Waals surface area contributed by atoms with E-state index in [1.807, 2.05) is 48.5 Å². The van der Waals surface area contributed by atoms with E-state index in [4.69, 9.17) is 14.9 Å². The third-order valence-corrected chi connectivity index (χ3v) is 3.30. The van der Waals surface area contributed by atoms with Crippen molar-refractivity contribution in [2.24, 2.45) is 5.73 Å². The van der Waals surface area contributed by atoms with Crippen LogP contribution in [0.5, 0.6) is 5.75 Å². The number of aryl methyl sites for hydroxylation is 1. The van der Waals surface area contributed by atoms with Crippen molar-refractivity contribution in [3.05, 3.63) is 65.4 Å². The third-order valence-electron chi connectivity index (χ3n) is 3.30. The summed E-state index contributed by atoms with van der Waals surface area (Å²) in [5, 5.41) is 1.07. The van der Waals surface area contributed by atoms with Crippen LogP contribution in [0.3, 0.4) is 0 Å². The van der Waals surface area contributed by atoms with E-state index in [0.29, 0.717) is 13.2 Å². The molecule has 0 fully saturated rings. The highest BCUT2D eigenvalue weighted by Gasteiger charge is 2.07. The fourth-order valence-electron chi connectivity index (χ4n) is 2.20. The normalized spacial score (nSPS) is 10.9. The van der Waals surface area contributed by atoms with E-state index in [0.717, 1.165) is 28.0 Å². The summed E-state index contributed by atoms with van der Waals surface area (Å²) < 4.78 is 11.6. The Morgan fingerprint density at radius 2 is 1.90 bits per heavy atom. The van der Waals surface area contributed by atoms with E-state index >= 15 is 0 Å². The molecule has 2 N–H and O–H groups in total. The van der Waals surface area contributed by atoms with Gasteiger partial charge >= 0.3 is 0 Å². The zero-order valence-corrected chi connectivity index (χ0v) is 11.4. The highest BCUT2D eigenvalue weighted by molar-refractivity contribution is 5.81. The largest absolute Gasteiger partial charge is 0.486 e. The van der Waals surface area contributed by atoms with Crippen molar-refractivity contribution in [3.63, 3.8) is 0 Å². The molecule has 3 rings (SSSR count). The molecule has 0 unspecified atom stereocenters. The quantitative estimate of drug-likeness (QED) is 0.782. The molecule has 20 heavy (non-hydrogen) atoms. The van der Waals surface area contributed by atoms with Crippen LogP contribution >= 0.6 is 0 Å². The first kappa shape index (κ1) is 12.8. The van der Waals surface area contributed by atoms with Gasteiger partial charge in [0.1, 0.15) is 23.7 Å². The van der Waals surface area contributed by atoms with E-state index in [9.17, 15) is 0 Å². The number of furan rings is 1. The molecule has 1 aromatic heterocycles. The second kappa shape index (κ2) is 5.39. The molecule has 0 amide bonds. The predicted molar refractivity (Wildman–Crippen MR) is 79.6 cm³/mol. The van der Waals surface area contributed by atoms with Gasteiger partial charge in [0, 0.05) is 17.5 Å². The maximum absolute atomic E-state index is 5.83. The van der Waals surface area contributed by atoms with Gasteiger partial charge in [0.15, 0.2) is 0 Å². The van der Waals surface area contributed by atoms with Crippen LogP contribution < -0.4 is 10.5 Å². The van der Waals surface area contributed by atoms with Crippen molar-refractivity contribution >= 4 is 11.0 Å². The summed E-state index contributed by atoms with van der Waals surface area (Å²) in [6.07, 6.45) is 0. The summed E-state index contributed by atoms with van der Waals surface area (Å²) in [5.41, 5.74) is 8.81. The van der Waals surface area contributed by atoms with Crippen molar-refractivity contribution in [1.29, 1.82) is 0 Å². The molecule has 0 aliphatic rings. The van der Waals surface area contributed by atoms with Crippen LogP contribution in [0.4, 0.5) is 0 Å². The first-order chi connectivity index (χ1) is 9.76. The fourth-order valence-corrected chi connectivity index (χ4v) is 2.20. The third kappa shape index (κ3) is 2.53. The van der Waals surface area contributed by atoms with Gasteiger partial charge in [-0.15, -0.1) is 0 Å². The summed E-state index contributed by atoms with van der Waals surface area (Å²) in [4.78, 5) is 0. The van der Waals surface area contributed by atoms with Crippen LogP contribution in [-0.4, -0.2) is 0 Å². The predicted octanol–water partition coefficient (Wildman–Crippen LogP) is 3.78. The Morgan fingerprint density at radius 1 is 1.10 bits per heavy atom. The minimum absolute atomic E-state index is 0.418. The second-order valence-corrected chi connectivity index (χ2v) is 4.85. The lowest BCUT2D eigenvalue weighted by atomic mass is 10.1. The molecule has 102 valence electrons. The monoisotopic (exact) mass is 267 g/mol. The van der Waals surface area contributed by atoms with E-state index in [-0.39, 0.29) is 0 Å². The lowest BCUT2D eigenvalue weighted by Gasteiger charge is -2.04. The molecular formula is C17H17NO2. The first-order valence-corrected chi connectivity index (χ1v) is 6.66. The van der Waals surface area contributed by atoms with Crippen LogP contribution in [0.2, 0.25) is 0 Å². The highest BCUT2D eigenvalue weighted by Crippen LogP contribution is 2.24. The number of nitrogens with two attached hydrogens (primary N) is 1. The molecule has 0 aliphatic heterocycles. The Morgan fingerprint density at radius 3 is 2.65 bits per heavy atom. The molecule has 3 heteroatoms. The average Bonchev–Trinajstić information content (AvgIpc) is 2.89. The average molecular weight is 267 g/mol. The minimum Gasteiger partial charge on any atom is -0.486 e. The maximum Gasteiger partial charge on any atom is 0.146 e. The molecule has 3 nitrogen and oxygen atoms in total. The van der Waals surface area contributed by atoms with Crippen molar-refractivity contribution < 1.29 is 9.15 Å². The first-order valence-electron chi connectivity index (χ1n) is 6.66. The highest BCUT2D eigenvalue weighted by atomic mass is 16.5. The Bertz CT molecular complexity index is 713. The lowest BCUT2D eigenvalue weighted by molar-refractivity contribution is 0.274. The Kier molecular flexibility index (Phi) is 3.44. The fraction of sp³-hybridized carbons (Fsp3) is 0.176. The van der Waals surface area contributed by atoms with Crippen LogP contribution in [0.1, 0.15) is 16.9 Å². The van der Waals surface area contributed by atoms with Gasteiger partial charge in [-0.05, 0) is 25.1 Å². The number of fused-ring (bicyclic) bond motifs is 1.